The molecule has 0 N–H and O–H groups in total. The molecule has 0 aromatic rings. The second kappa shape index (κ2) is 2.43. The van der Waals surface area contributed by atoms with Crippen LogP contribution in [0.1, 0.15) is 0 Å². The van der Waals surface area contributed by atoms with Gasteiger partial charge in [0, 0.05) is 0 Å². The highest BCUT2D eigenvalue weighted by atomic mass is 32.2. The van der Waals surface area contributed by atoms with Crippen molar-refractivity contribution in [2.24, 2.45) is 0 Å². The summed E-state index contributed by atoms with van der Waals surface area (Å²) in [5.41, 5.74) is 0. The Morgan fingerprint density at radius 3 is 1.88 bits per heavy atom. The van der Waals surface area contributed by atoms with Gasteiger partial charge in [-0.2, -0.15) is 0 Å². The quantitative estimate of drug-likeness (QED) is 0.461. The summed E-state index contributed by atoms with van der Waals surface area (Å²) in [7, 11) is -1.00. The Labute approximate surface area is 48.9 Å². The van der Waals surface area contributed by atoms with Gasteiger partial charge >= 0.3 is 0 Å². The van der Waals surface area contributed by atoms with E-state index < -0.39 is 16.0 Å². The average Bonchev–Trinajstić information content (AvgIpc) is 1.21. The van der Waals surface area contributed by atoms with Crippen LogP contribution in [0.5, 0.6) is 0 Å². The summed E-state index contributed by atoms with van der Waals surface area (Å²) in [4.78, 5) is 1.31. The minimum atomic E-state index is -4.05. The Hall–Kier alpha value is -0.130. The highest BCUT2D eigenvalue weighted by molar-refractivity contribution is 7.85. The molecule has 4 nitrogen and oxygen atoms in total. The van der Waals surface area contributed by atoms with Crippen molar-refractivity contribution in [1.82, 2.24) is 4.90 Å². The maximum atomic E-state index is 9.84. The van der Waals surface area contributed by atoms with Gasteiger partial charge in [0.2, 0.25) is 0 Å². The van der Waals surface area contributed by atoms with Gasteiger partial charge in [-0.15, -0.1) is 0 Å². The van der Waals surface area contributed by atoms with Crippen LogP contribution in [0.2, 0.25) is 0 Å². The fraction of sp³-hybridized carbons (Fsp3) is 1.00. The van der Waals surface area contributed by atoms with Crippen LogP contribution in [0.25, 0.3) is 0 Å². The van der Waals surface area contributed by atoms with E-state index in [1.54, 1.807) is 0 Å². The van der Waals surface area contributed by atoms with Crippen LogP contribution in [0.3, 0.4) is 0 Å². The van der Waals surface area contributed by atoms with Crippen molar-refractivity contribution < 1.29 is 13.0 Å². The Morgan fingerprint density at radius 1 is 1.50 bits per heavy atom. The fourth-order valence-electron chi connectivity index (χ4n) is 0.316. The maximum absolute atomic E-state index is 9.84. The Morgan fingerprint density at radius 2 is 1.88 bits per heavy atom. The van der Waals surface area contributed by atoms with Crippen LogP contribution in [0.15, 0.2) is 0 Å². The van der Waals surface area contributed by atoms with E-state index in [2.05, 4.69) is 0 Å². The first kappa shape index (κ1) is 7.87. The molecule has 0 heterocycles. The molecule has 0 unspecified atom stereocenters. The second-order valence-corrected chi connectivity index (χ2v) is 3.14. The number of nitrogens with zero attached hydrogens (tertiary/aromatic N) is 1. The van der Waals surface area contributed by atoms with Crippen molar-refractivity contribution in [2.75, 3.05) is 20.0 Å². The molecule has 0 aliphatic carbocycles. The van der Waals surface area contributed by atoms with E-state index >= 15 is 0 Å². The zero-order valence-corrected chi connectivity index (χ0v) is 5.60. The third kappa shape index (κ3) is 5.87. The largest absolute Gasteiger partial charge is 0.747 e. The summed E-state index contributed by atoms with van der Waals surface area (Å²) >= 11 is 0. The summed E-state index contributed by atoms with van der Waals surface area (Å²) in [5.74, 6) is -0.424. The first-order valence-electron chi connectivity index (χ1n) is 2.00. The van der Waals surface area contributed by atoms with Crippen LogP contribution in [0.4, 0.5) is 0 Å². The molecule has 50 valence electrons. The third-order valence-electron chi connectivity index (χ3n) is 0.416. The summed E-state index contributed by atoms with van der Waals surface area (Å²) in [6.07, 6.45) is 0. The maximum Gasteiger partial charge on any atom is 0.108 e. The molecule has 0 fully saturated rings. The summed E-state index contributed by atoms with van der Waals surface area (Å²) in [5, 5.41) is 0. The zero-order chi connectivity index (χ0) is 6.78. The molecule has 0 spiro atoms. The predicted molar refractivity (Wildman–Crippen MR) is 28.3 cm³/mol. The molecule has 0 aliphatic rings. The predicted octanol–water partition coefficient (Wildman–Crippen LogP) is -0.949. The van der Waals surface area contributed by atoms with E-state index in [1.807, 2.05) is 0 Å². The highest BCUT2D eigenvalue weighted by Crippen LogP contribution is 1.81. The average molecular weight is 138 g/mol. The molecule has 0 saturated carbocycles. The lowest BCUT2D eigenvalue weighted by molar-refractivity contribution is 0.407. The fourth-order valence-corrected chi connectivity index (χ4v) is 0.949. The number of rotatable bonds is 2. The van der Waals surface area contributed by atoms with Crippen LogP contribution in [-0.4, -0.2) is 37.8 Å². The molecule has 0 rings (SSSR count). The molecule has 0 amide bonds. The molecule has 0 aromatic carbocycles. The lowest BCUT2D eigenvalue weighted by Crippen LogP contribution is -2.21. The van der Waals surface area contributed by atoms with E-state index in [0.717, 1.165) is 0 Å². The van der Waals surface area contributed by atoms with Gasteiger partial charge in [-0.25, -0.2) is 8.42 Å². The van der Waals surface area contributed by atoms with Gasteiger partial charge < -0.3 is 4.55 Å². The third-order valence-corrected chi connectivity index (χ3v) is 1.25. The van der Waals surface area contributed by atoms with Crippen LogP contribution >= 0.6 is 0 Å². The SMILES string of the molecule is CN(C)CS(=O)(=O)[O-]. The number of hydrogen-bond acceptors (Lipinski definition) is 4. The summed E-state index contributed by atoms with van der Waals surface area (Å²) < 4.78 is 29.5. The molecule has 0 aliphatic heterocycles. The van der Waals surface area contributed by atoms with Crippen LogP contribution in [0, 0.1) is 0 Å². The van der Waals surface area contributed by atoms with Gasteiger partial charge in [0.1, 0.15) is 10.1 Å². The Kier molecular flexibility index (Phi) is 2.39. The molecule has 0 saturated heterocycles. The van der Waals surface area contributed by atoms with E-state index in [0.29, 0.717) is 0 Å². The molecular weight excluding hydrogens is 130 g/mol. The van der Waals surface area contributed by atoms with Gasteiger partial charge in [0.25, 0.3) is 0 Å². The second-order valence-electron chi connectivity index (χ2n) is 1.77. The topological polar surface area (TPSA) is 60.4 Å². The minimum absolute atomic E-state index is 0.424. The molecule has 5 heteroatoms. The van der Waals surface area contributed by atoms with Crippen molar-refractivity contribution in [3.63, 3.8) is 0 Å². The zero-order valence-electron chi connectivity index (χ0n) is 4.79. The Bertz CT molecular complexity index is 148. The van der Waals surface area contributed by atoms with Gasteiger partial charge in [0.05, 0.1) is 5.88 Å². The number of hydrogen-bond donors (Lipinski definition) is 0. The molecule has 0 radical (unpaired) electrons. The van der Waals surface area contributed by atoms with Gasteiger partial charge in [-0.3, -0.25) is 4.90 Å². The van der Waals surface area contributed by atoms with E-state index in [1.165, 1.54) is 19.0 Å². The van der Waals surface area contributed by atoms with Crippen molar-refractivity contribution in [3.05, 3.63) is 0 Å². The van der Waals surface area contributed by atoms with Crippen molar-refractivity contribution in [1.29, 1.82) is 0 Å². The molecule has 0 aromatic heterocycles. The summed E-state index contributed by atoms with van der Waals surface area (Å²) in [6.45, 7) is 0. The normalized spacial score (nSPS) is 12.5. The first-order chi connectivity index (χ1) is 3.42. The first-order valence-corrected chi connectivity index (χ1v) is 3.58. The minimum Gasteiger partial charge on any atom is -0.747 e. The van der Waals surface area contributed by atoms with E-state index in [9.17, 15) is 13.0 Å². The van der Waals surface area contributed by atoms with Crippen molar-refractivity contribution in [3.8, 4) is 0 Å². The van der Waals surface area contributed by atoms with Crippen molar-refractivity contribution in [2.45, 2.75) is 0 Å². The highest BCUT2D eigenvalue weighted by Gasteiger charge is 1.94. The van der Waals surface area contributed by atoms with Gasteiger partial charge in [-0.05, 0) is 14.1 Å². The molecule has 0 atom stereocenters. The smallest absolute Gasteiger partial charge is 0.108 e. The summed E-state index contributed by atoms with van der Waals surface area (Å²) in [6, 6.07) is 0. The monoisotopic (exact) mass is 138 g/mol. The standard InChI is InChI=1S/C3H9NO3S/c1-4(2)3-8(5,6)7/h3H2,1-2H3,(H,5,6,7)/p-1. The van der Waals surface area contributed by atoms with Gasteiger partial charge in [-0.1, -0.05) is 0 Å². The van der Waals surface area contributed by atoms with E-state index in [4.69, 9.17) is 0 Å². The lowest BCUT2D eigenvalue weighted by Gasteiger charge is -2.11. The van der Waals surface area contributed by atoms with Crippen LogP contribution in [-0.2, 0) is 10.1 Å². The van der Waals surface area contributed by atoms with Crippen molar-refractivity contribution >= 4 is 10.1 Å². The molecule has 0 bridgehead atoms. The lowest BCUT2D eigenvalue weighted by atomic mass is 11.0. The van der Waals surface area contributed by atoms with E-state index in [-0.39, 0.29) is 0 Å². The van der Waals surface area contributed by atoms with Gasteiger partial charge in [0.15, 0.2) is 0 Å². The van der Waals surface area contributed by atoms with Crippen LogP contribution < -0.4 is 0 Å². The molecule has 8 heavy (non-hydrogen) atoms. The Balaban J connectivity index is 3.75. The molecular formula is C3H8NO3S-.